The molecule has 1 N–H and O–H groups in total. The lowest BCUT2D eigenvalue weighted by molar-refractivity contribution is -0.140. The minimum Gasteiger partial charge on any atom is -0.505 e. The number of pyridine rings is 1. The van der Waals surface area contributed by atoms with Crippen LogP contribution in [0.1, 0.15) is 28.6 Å². The fraction of sp³-hybridized carbons (Fsp3) is 0.320. The number of aliphatic hydroxyl groups excluding tert-OH is 1. The number of benzene rings is 1. The minimum atomic E-state index is -0.717. The predicted molar refractivity (Wildman–Crippen MR) is 125 cm³/mol. The summed E-state index contributed by atoms with van der Waals surface area (Å²) >= 11 is 0. The lowest BCUT2D eigenvalue weighted by atomic mass is 9.96. The van der Waals surface area contributed by atoms with Gasteiger partial charge < -0.3 is 19.6 Å². The smallest absolute Gasteiger partial charge is 0.295 e. The van der Waals surface area contributed by atoms with E-state index < -0.39 is 17.7 Å². The molecule has 3 aromatic rings. The molecule has 8 nitrogen and oxygen atoms in total. The number of nitrogens with zero attached hydrogens (tertiary/aromatic N) is 4. The third-order valence-corrected chi connectivity index (χ3v) is 6.00. The van der Waals surface area contributed by atoms with Gasteiger partial charge in [-0.25, -0.2) is 4.98 Å². The molecule has 1 amide bonds. The Balaban J connectivity index is 1.93. The van der Waals surface area contributed by atoms with E-state index in [1.165, 1.54) is 4.90 Å². The van der Waals surface area contributed by atoms with Crippen molar-refractivity contribution in [3.63, 3.8) is 0 Å². The zero-order valence-electron chi connectivity index (χ0n) is 19.5. The molecule has 8 heteroatoms. The number of ether oxygens (including phenoxy) is 1. The van der Waals surface area contributed by atoms with Crippen molar-refractivity contribution >= 4 is 23.1 Å². The van der Waals surface area contributed by atoms with E-state index in [4.69, 9.17) is 4.74 Å². The zero-order valence-corrected chi connectivity index (χ0v) is 19.5. The van der Waals surface area contributed by atoms with Crippen LogP contribution in [0.3, 0.4) is 0 Å². The molecule has 0 spiro atoms. The Morgan fingerprint density at radius 2 is 1.85 bits per heavy atom. The number of carbonyl (C=O) groups excluding carboxylic acids is 2. The normalized spacial score (nSPS) is 18.0. The van der Waals surface area contributed by atoms with Gasteiger partial charge >= 0.3 is 0 Å². The molecule has 2 aromatic heterocycles. The molecule has 0 aliphatic carbocycles. The van der Waals surface area contributed by atoms with E-state index in [9.17, 15) is 14.7 Å². The van der Waals surface area contributed by atoms with Gasteiger partial charge in [-0.2, -0.15) is 0 Å². The van der Waals surface area contributed by atoms with Crippen LogP contribution in [-0.4, -0.2) is 70.3 Å². The van der Waals surface area contributed by atoms with Crippen LogP contribution in [0.4, 0.5) is 0 Å². The largest absolute Gasteiger partial charge is 0.505 e. The molecule has 172 valence electrons. The highest BCUT2D eigenvalue weighted by molar-refractivity contribution is 6.46. The first-order valence-electron chi connectivity index (χ1n) is 10.8. The van der Waals surface area contributed by atoms with Crippen LogP contribution in [-0.2, 0) is 9.59 Å². The number of aromatic nitrogens is 2. The third-order valence-electron chi connectivity index (χ3n) is 6.00. The molecule has 0 unspecified atom stereocenters. The molecule has 4 rings (SSSR count). The minimum absolute atomic E-state index is 0.0651. The molecule has 1 saturated heterocycles. The summed E-state index contributed by atoms with van der Waals surface area (Å²) in [5.74, 6) is -0.884. The number of amides is 1. The van der Waals surface area contributed by atoms with Crippen LogP contribution >= 0.6 is 0 Å². The number of imidazole rings is 1. The molecule has 1 aliphatic rings. The van der Waals surface area contributed by atoms with Crippen molar-refractivity contribution in [3.05, 3.63) is 70.7 Å². The lowest BCUT2D eigenvalue weighted by Crippen LogP contribution is -2.35. The summed E-state index contributed by atoms with van der Waals surface area (Å²) in [5.41, 5.74) is 3.41. The predicted octanol–water partition coefficient (Wildman–Crippen LogP) is 2.94. The Kier molecular flexibility index (Phi) is 5.95. The van der Waals surface area contributed by atoms with Gasteiger partial charge in [-0.1, -0.05) is 18.2 Å². The van der Waals surface area contributed by atoms with E-state index in [-0.39, 0.29) is 11.3 Å². The van der Waals surface area contributed by atoms with E-state index in [1.54, 1.807) is 36.8 Å². The summed E-state index contributed by atoms with van der Waals surface area (Å²) in [7, 11) is 5.39. The number of carbonyl (C=O) groups is 2. The second-order valence-corrected chi connectivity index (χ2v) is 8.50. The van der Waals surface area contributed by atoms with E-state index in [0.717, 1.165) is 11.1 Å². The summed E-state index contributed by atoms with van der Waals surface area (Å²) in [6, 6.07) is 10.3. The number of methoxy groups -OCH3 is 1. The van der Waals surface area contributed by atoms with E-state index in [2.05, 4.69) is 4.98 Å². The number of hydrogen-bond donors (Lipinski definition) is 1. The lowest BCUT2D eigenvalue weighted by Gasteiger charge is -2.26. The maximum Gasteiger partial charge on any atom is 0.295 e. The molecule has 33 heavy (non-hydrogen) atoms. The second kappa shape index (κ2) is 8.71. The summed E-state index contributed by atoms with van der Waals surface area (Å²) < 4.78 is 7.02. The highest BCUT2D eigenvalue weighted by Crippen LogP contribution is 2.40. The van der Waals surface area contributed by atoms with Gasteiger partial charge in [-0.15, -0.1) is 0 Å². The summed E-state index contributed by atoms with van der Waals surface area (Å²) in [6.07, 6.45) is 1.79. The number of aryl methyl sites for hydroxylation is 2. The number of Topliss-reactive ketones (excluding diaryl/α,β-unsaturated/α-hetero) is 1. The fourth-order valence-corrected chi connectivity index (χ4v) is 4.28. The number of likely N-dealkylation sites (N-methyl/N-ethyl adjacent to an activating group) is 1. The van der Waals surface area contributed by atoms with Crippen molar-refractivity contribution < 1.29 is 19.4 Å². The van der Waals surface area contributed by atoms with E-state index in [1.807, 2.05) is 50.2 Å². The van der Waals surface area contributed by atoms with Gasteiger partial charge in [0.05, 0.1) is 24.4 Å². The molecule has 3 heterocycles. The molecular formula is C25H28N4O4. The molecule has 0 radical (unpaired) electrons. The highest BCUT2D eigenvalue weighted by atomic mass is 16.5. The standard InChI is InChI=1S/C25H28N4O4/c1-15-7-6-12-28-20(16(2)26-24(15)28)22(30)19-21(17-8-10-18(33-5)11-9-17)29(14-13-27(3)4)25(32)23(19)31/h6-12,21,30H,13-14H2,1-5H3/t21-/m0/s1. The van der Waals surface area contributed by atoms with Gasteiger partial charge in [0.1, 0.15) is 17.1 Å². The number of hydrogen-bond acceptors (Lipinski definition) is 6. The molecule has 1 fully saturated rings. The SMILES string of the molecule is COc1ccc([C@H]2C(=C(O)c3c(C)nc4c(C)cccn34)C(=O)C(=O)N2CCN(C)C)cc1. The first kappa shape index (κ1) is 22.5. The van der Waals surface area contributed by atoms with Crippen molar-refractivity contribution in [2.45, 2.75) is 19.9 Å². The molecule has 1 aliphatic heterocycles. The number of likely N-dealkylation sites (tertiary alicyclic amines) is 1. The Labute approximate surface area is 192 Å². The van der Waals surface area contributed by atoms with Crippen molar-refractivity contribution in [2.75, 3.05) is 34.3 Å². The Bertz CT molecular complexity index is 1260. The van der Waals surface area contributed by atoms with Crippen molar-refractivity contribution in [3.8, 4) is 5.75 Å². The van der Waals surface area contributed by atoms with Gasteiger partial charge in [0.2, 0.25) is 0 Å². The van der Waals surface area contributed by atoms with Gasteiger partial charge in [0.15, 0.2) is 5.76 Å². The summed E-state index contributed by atoms with van der Waals surface area (Å²) in [4.78, 5) is 34.4. The number of fused-ring (bicyclic) bond motifs is 1. The highest BCUT2D eigenvalue weighted by Gasteiger charge is 2.46. The monoisotopic (exact) mass is 448 g/mol. The van der Waals surface area contributed by atoms with Crippen LogP contribution in [0, 0.1) is 13.8 Å². The van der Waals surface area contributed by atoms with E-state index >= 15 is 0 Å². The summed E-state index contributed by atoms with van der Waals surface area (Å²) in [5, 5.41) is 11.5. The maximum atomic E-state index is 13.2. The van der Waals surface area contributed by atoms with Crippen molar-refractivity contribution in [1.82, 2.24) is 19.2 Å². The maximum absolute atomic E-state index is 13.2. The van der Waals surface area contributed by atoms with Gasteiger partial charge in [0, 0.05) is 19.3 Å². The van der Waals surface area contributed by atoms with Crippen LogP contribution in [0.25, 0.3) is 11.4 Å². The third kappa shape index (κ3) is 3.87. The van der Waals surface area contributed by atoms with Crippen molar-refractivity contribution in [2.24, 2.45) is 0 Å². The van der Waals surface area contributed by atoms with Crippen LogP contribution in [0.15, 0.2) is 48.2 Å². The molecule has 0 saturated carbocycles. The van der Waals surface area contributed by atoms with Gasteiger partial charge in [0.25, 0.3) is 11.7 Å². The Morgan fingerprint density at radius 1 is 1.15 bits per heavy atom. The van der Waals surface area contributed by atoms with Crippen LogP contribution in [0.2, 0.25) is 0 Å². The molecular weight excluding hydrogens is 420 g/mol. The Hall–Kier alpha value is -3.65. The average molecular weight is 449 g/mol. The molecule has 1 aromatic carbocycles. The average Bonchev–Trinajstić information content (AvgIpc) is 3.26. The summed E-state index contributed by atoms with van der Waals surface area (Å²) in [6.45, 7) is 4.64. The quantitative estimate of drug-likeness (QED) is 0.354. The molecule has 1 atom stereocenters. The van der Waals surface area contributed by atoms with Crippen LogP contribution in [0.5, 0.6) is 5.75 Å². The topological polar surface area (TPSA) is 87.4 Å². The van der Waals surface area contributed by atoms with Gasteiger partial charge in [-0.05, 0) is 57.3 Å². The Morgan fingerprint density at radius 3 is 2.48 bits per heavy atom. The number of aliphatic hydroxyl groups is 1. The fourth-order valence-electron chi connectivity index (χ4n) is 4.28. The van der Waals surface area contributed by atoms with Crippen molar-refractivity contribution in [1.29, 1.82) is 0 Å². The number of ketones is 1. The first-order valence-corrected chi connectivity index (χ1v) is 10.8. The van der Waals surface area contributed by atoms with Crippen LogP contribution < -0.4 is 4.74 Å². The second-order valence-electron chi connectivity index (χ2n) is 8.50. The number of rotatable bonds is 6. The first-order chi connectivity index (χ1) is 15.7. The molecule has 0 bridgehead atoms. The van der Waals surface area contributed by atoms with E-state index in [0.29, 0.717) is 35.9 Å². The zero-order chi connectivity index (χ0) is 23.9. The van der Waals surface area contributed by atoms with Gasteiger partial charge in [-0.3, -0.25) is 14.0 Å².